The number of hydrogen-bond acceptors (Lipinski definition) is 2. The number of fused-ring (bicyclic) bond motifs is 1. The van der Waals surface area contributed by atoms with Gasteiger partial charge in [0.25, 0.3) is 0 Å². The number of aromatic hydroxyl groups is 1. The van der Waals surface area contributed by atoms with Gasteiger partial charge in [0.05, 0.1) is 0 Å². The molecule has 2 nitrogen and oxygen atoms in total. The highest BCUT2D eigenvalue weighted by molar-refractivity contribution is 5.38. The lowest BCUT2D eigenvalue weighted by Crippen LogP contribution is -2.27. The third-order valence-electron chi connectivity index (χ3n) is 4.24. The second kappa shape index (κ2) is 4.69. The van der Waals surface area contributed by atoms with Gasteiger partial charge in [-0.1, -0.05) is 6.07 Å². The summed E-state index contributed by atoms with van der Waals surface area (Å²) in [7, 11) is 0. The molecule has 2 heteroatoms. The van der Waals surface area contributed by atoms with Crippen molar-refractivity contribution in [1.29, 1.82) is 0 Å². The number of benzene rings is 1. The smallest absolute Gasteiger partial charge is 0.115 e. The summed E-state index contributed by atoms with van der Waals surface area (Å²) in [5.41, 5.74) is 2.86. The summed E-state index contributed by atoms with van der Waals surface area (Å²) in [4.78, 5) is 2.60. The van der Waals surface area contributed by atoms with Gasteiger partial charge in [0.1, 0.15) is 5.75 Å². The molecule has 0 aromatic heterocycles. The Bertz CT molecular complexity index is 396. The first-order chi connectivity index (χ1) is 8.33. The Morgan fingerprint density at radius 2 is 2.00 bits per heavy atom. The monoisotopic (exact) mass is 231 g/mol. The molecule has 0 saturated carbocycles. The molecule has 3 rings (SSSR count). The van der Waals surface area contributed by atoms with Gasteiger partial charge in [-0.2, -0.15) is 0 Å². The van der Waals surface area contributed by atoms with Crippen LogP contribution in [0.3, 0.4) is 0 Å². The van der Waals surface area contributed by atoms with Crippen molar-refractivity contribution in [2.75, 3.05) is 19.6 Å². The van der Waals surface area contributed by atoms with E-state index < -0.39 is 0 Å². The highest BCUT2D eigenvalue weighted by Crippen LogP contribution is 2.34. The van der Waals surface area contributed by atoms with Crippen LogP contribution in [0.1, 0.15) is 42.7 Å². The topological polar surface area (TPSA) is 23.5 Å². The summed E-state index contributed by atoms with van der Waals surface area (Å²) >= 11 is 0. The normalized spacial score (nSPS) is 24.8. The second-order valence-corrected chi connectivity index (χ2v) is 5.48. The molecule has 1 heterocycles. The molecular formula is C15H21NO. The van der Waals surface area contributed by atoms with Crippen molar-refractivity contribution < 1.29 is 5.11 Å². The molecule has 92 valence electrons. The van der Waals surface area contributed by atoms with Gasteiger partial charge in [0.15, 0.2) is 0 Å². The Hall–Kier alpha value is -1.02. The molecule has 0 bridgehead atoms. The molecule has 1 aliphatic carbocycles. The van der Waals surface area contributed by atoms with E-state index >= 15 is 0 Å². The molecule has 1 atom stereocenters. The molecule has 2 aliphatic rings. The Labute approximate surface area is 103 Å². The highest BCUT2D eigenvalue weighted by Gasteiger charge is 2.23. The average Bonchev–Trinajstić information content (AvgIpc) is 2.82. The molecule has 17 heavy (non-hydrogen) atoms. The van der Waals surface area contributed by atoms with E-state index in [0.29, 0.717) is 11.7 Å². The van der Waals surface area contributed by atoms with Crippen molar-refractivity contribution in [2.45, 2.75) is 38.0 Å². The number of likely N-dealkylation sites (tertiary alicyclic amines) is 1. The zero-order valence-corrected chi connectivity index (χ0v) is 10.4. The summed E-state index contributed by atoms with van der Waals surface area (Å²) in [6.07, 6.45) is 6.47. The standard InChI is InChI=1S/C15H21NO/c17-14-6-7-15-12(10-14)4-3-5-13(15)11-16-8-1-2-9-16/h6-7,10,13,17H,1-5,8-9,11H2. The maximum absolute atomic E-state index is 9.55. The quantitative estimate of drug-likeness (QED) is 0.846. The molecule has 1 fully saturated rings. The lowest BCUT2D eigenvalue weighted by molar-refractivity contribution is 0.300. The van der Waals surface area contributed by atoms with Crippen LogP contribution in [0.2, 0.25) is 0 Å². The van der Waals surface area contributed by atoms with Crippen LogP contribution in [-0.4, -0.2) is 29.6 Å². The maximum Gasteiger partial charge on any atom is 0.115 e. The van der Waals surface area contributed by atoms with Gasteiger partial charge in [-0.3, -0.25) is 0 Å². The number of rotatable bonds is 2. The first-order valence-electron chi connectivity index (χ1n) is 6.87. The highest BCUT2D eigenvalue weighted by atomic mass is 16.3. The van der Waals surface area contributed by atoms with E-state index in [9.17, 15) is 5.11 Å². The minimum Gasteiger partial charge on any atom is -0.508 e. The molecule has 0 spiro atoms. The van der Waals surface area contributed by atoms with Gasteiger partial charge >= 0.3 is 0 Å². The molecule has 0 amide bonds. The SMILES string of the molecule is Oc1ccc2c(c1)CCCC2CN1CCCC1. The number of hydrogen-bond donors (Lipinski definition) is 1. The fourth-order valence-electron chi connectivity index (χ4n) is 3.37. The molecular weight excluding hydrogens is 210 g/mol. The van der Waals surface area contributed by atoms with Crippen molar-refractivity contribution in [3.8, 4) is 5.75 Å². The summed E-state index contributed by atoms with van der Waals surface area (Å²) in [6, 6.07) is 5.96. The zero-order valence-electron chi connectivity index (χ0n) is 10.4. The van der Waals surface area contributed by atoms with Crippen LogP contribution >= 0.6 is 0 Å². The fourth-order valence-corrected chi connectivity index (χ4v) is 3.37. The molecule has 1 N–H and O–H groups in total. The van der Waals surface area contributed by atoms with Crippen molar-refractivity contribution in [1.82, 2.24) is 4.90 Å². The lowest BCUT2D eigenvalue weighted by Gasteiger charge is -2.29. The fraction of sp³-hybridized carbons (Fsp3) is 0.600. The Morgan fingerprint density at radius 1 is 1.18 bits per heavy atom. The van der Waals surface area contributed by atoms with Crippen LogP contribution in [0.5, 0.6) is 5.75 Å². The molecule has 1 aromatic carbocycles. The zero-order chi connectivity index (χ0) is 11.7. The maximum atomic E-state index is 9.55. The molecule has 1 aromatic rings. The molecule has 1 saturated heterocycles. The summed E-state index contributed by atoms with van der Waals surface area (Å²) in [6.45, 7) is 3.78. The van der Waals surface area contributed by atoms with Crippen LogP contribution in [-0.2, 0) is 6.42 Å². The van der Waals surface area contributed by atoms with E-state index in [1.54, 1.807) is 0 Å². The average molecular weight is 231 g/mol. The summed E-state index contributed by atoms with van der Waals surface area (Å²) in [5.74, 6) is 1.11. The van der Waals surface area contributed by atoms with Crippen LogP contribution in [0.15, 0.2) is 18.2 Å². The van der Waals surface area contributed by atoms with E-state index in [2.05, 4.69) is 11.0 Å². The summed E-state index contributed by atoms with van der Waals surface area (Å²) < 4.78 is 0. The van der Waals surface area contributed by atoms with Gasteiger partial charge in [-0.05, 0) is 74.4 Å². The van der Waals surface area contributed by atoms with Crippen molar-refractivity contribution in [3.05, 3.63) is 29.3 Å². The van der Waals surface area contributed by atoms with Crippen LogP contribution in [0, 0.1) is 0 Å². The molecule has 1 unspecified atom stereocenters. The van der Waals surface area contributed by atoms with Gasteiger partial charge in [-0.15, -0.1) is 0 Å². The Kier molecular flexibility index (Phi) is 3.06. The minimum absolute atomic E-state index is 0.422. The first kappa shape index (κ1) is 11.1. The summed E-state index contributed by atoms with van der Waals surface area (Å²) in [5, 5.41) is 9.55. The second-order valence-electron chi connectivity index (χ2n) is 5.48. The number of phenols is 1. The Morgan fingerprint density at radius 3 is 2.82 bits per heavy atom. The van der Waals surface area contributed by atoms with Crippen molar-refractivity contribution in [2.24, 2.45) is 0 Å². The third kappa shape index (κ3) is 2.32. The lowest BCUT2D eigenvalue weighted by atomic mass is 9.82. The van der Waals surface area contributed by atoms with Crippen LogP contribution < -0.4 is 0 Å². The Balaban J connectivity index is 1.78. The molecule has 0 radical (unpaired) electrons. The largest absolute Gasteiger partial charge is 0.508 e. The van der Waals surface area contributed by atoms with E-state index in [1.807, 2.05) is 12.1 Å². The van der Waals surface area contributed by atoms with E-state index in [4.69, 9.17) is 0 Å². The number of aryl methyl sites for hydroxylation is 1. The van der Waals surface area contributed by atoms with Gasteiger partial charge in [0.2, 0.25) is 0 Å². The van der Waals surface area contributed by atoms with E-state index in [0.717, 1.165) is 6.42 Å². The van der Waals surface area contributed by atoms with Crippen molar-refractivity contribution >= 4 is 0 Å². The van der Waals surface area contributed by atoms with Gasteiger partial charge in [0, 0.05) is 6.54 Å². The van der Waals surface area contributed by atoms with Gasteiger partial charge < -0.3 is 10.0 Å². The predicted octanol–water partition coefficient (Wildman–Crippen LogP) is 2.91. The van der Waals surface area contributed by atoms with Crippen LogP contribution in [0.4, 0.5) is 0 Å². The molecule has 1 aliphatic heterocycles. The number of phenolic OH excluding ortho intramolecular Hbond substituents is 1. The third-order valence-corrected chi connectivity index (χ3v) is 4.24. The van der Waals surface area contributed by atoms with Crippen molar-refractivity contribution in [3.63, 3.8) is 0 Å². The number of nitrogens with zero attached hydrogens (tertiary/aromatic N) is 1. The van der Waals surface area contributed by atoms with E-state index in [-0.39, 0.29) is 0 Å². The minimum atomic E-state index is 0.422. The predicted molar refractivity (Wildman–Crippen MR) is 69.5 cm³/mol. The van der Waals surface area contributed by atoms with Crippen LogP contribution in [0.25, 0.3) is 0 Å². The van der Waals surface area contributed by atoms with Gasteiger partial charge in [-0.25, -0.2) is 0 Å². The first-order valence-corrected chi connectivity index (χ1v) is 6.87. The van der Waals surface area contributed by atoms with E-state index in [1.165, 1.54) is 56.4 Å².